The Balaban J connectivity index is 0.00000169. The van der Waals surface area contributed by atoms with E-state index in [1.54, 1.807) is 7.11 Å². The zero-order valence-electron chi connectivity index (χ0n) is 13.8. The van der Waals surface area contributed by atoms with Crippen LogP contribution in [0.5, 0.6) is 5.75 Å². The highest BCUT2D eigenvalue weighted by molar-refractivity contribution is 5.88. The molecule has 1 N–H and O–H groups in total. The third-order valence-corrected chi connectivity index (χ3v) is 5.25. The standard InChI is InChI=1S/C19H22N2O2.ClH/c1-23-18-7-6-13-4-2-3-5-14(13)15(18)9-11-21-17-8-10-20-16(17)12-19(21)22;/h2-7,16-17,20H,8-12H2,1H3;1H/t16-,17-;/m1./s1. The van der Waals surface area contributed by atoms with Crippen LogP contribution in [-0.4, -0.2) is 43.1 Å². The van der Waals surface area contributed by atoms with Gasteiger partial charge in [-0.1, -0.05) is 30.3 Å². The summed E-state index contributed by atoms with van der Waals surface area (Å²) in [6.07, 6.45) is 2.56. The van der Waals surface area contributed by atoms with Crippen molar-refractivity contribution in [1.29, 1.82) is 0 Å². The summed E-state index contributed by atoms with van der Waals surface area (Å²) >= 11 is 0. The summed E-state index contributed by atoms with van der Waals surface area (Å²) in [4.78, 5) is 14.4. The minimum Gasteiger partial charge on any atom is -0.496 e. The Morgan fingerprint density at radius 3 is 2.92 bits per heavy atom. The number of carbonyl (C=O) groups excluding carboxylic acids is 1. The molecule has 4 rings (SSSR count). The third kappa shape index (κ3) is 2.85. The molecule has 2 aromatic carbocycles. The van der Waals surface area contributed by atoms with E-state index < -0.39 is 0 Å². The Morgan fingerprint density at radius 2 is 2.08 bits per heavy atom. The number of benzene rings is 2. The van der Waals surface area contributed by atoms with Gasteiger partial charge >= 0.3 is 0 Å². The number of methoxy groups -OCH3 is 1. The first kappa shape index (κ1) is 17.1. The van der Waals surface area contributed by atoms with Crippen molar-refractivity contribution in [3.05, 3.63) is 42.0 Å². The lowest BCUT2D eigenvalue weighted by Crippen LogP contribution is -2.37. The smallest absolute Gasteiger partial charge is 0.224 e. The monoisotopic (exact) mass is 346 g/mol. The van der Waals surface area contributed by atoms with E-state index in [1.807, 2.05) is 6.07 Å². The van der Waals surface area contributed by atoms with Crippen molar-refractivity contribution >= 4 is 29.1 Å². The first-order chi connectivity index (χ1) is 11.3. The quantitative estimate of drug-likeness (QED) is 0.925. The summed E-state index contributed by atoms with van der Waals surface area (Å²) in [6.45, 7) is 1.79. The summed E-state index contributed by atoms with van der Waals surface area (Å²) < 4.78 is 5.57. The van der Waals surface area contributed by atoms with E-state index in [0.29, 0.717) is 18.5 Å². The molecule has 24 heavy (non-hydrogen) atoms. The average molecular weight is 347 g/mol. The van der Waals surface area contributed by atoms with Gasteiger partial charge in [-0.3, -0.25) is 4.79 Å². The molecule has 2 atom stereocenters. The van der Waals surface area contributed by atoms with Crippen LogP contribution in [0.3, 0.4) is 0 Å². The van der Waals surface area contributed by atoms with E-state index in [9.17, 15) is 4.79 Å². The number of rotatable bonds is 4. The SMILES string of the molecule is COc1ccc2ccccc2c1CCN1C(=O)C[C@H]2NCC[C@H]21.Cl. The Labute approximate surface area is 148 Å². The largest absolute Gasteiger partial charge is 0.496 e. The molecule has 128 valence electrons. The van der Waals surface area contributed by atoms with Crippen LogP contribution in [-0.2, 0) is 11.2 Å². The van der Waals surface area contributed by atoms with Crippen LogP contribution in [0.25, 0.3) is 10.8 Å². The van der Waals surface area contributed by atoms with Gasteiger partial charge in [-0.2, -0.15) is 0 Å². The molecule has 1 amide bonds. The molecule has 0 radical (unpaired) electrons. The van der Waals surface area contributed by atoms with Gasteiger partial charge in [-0.15, -0.1) is 12.4 Å². The second-order valence-electron chi connectivity index (χ2n) is 6.43. The minimum absolute atomic E-state index is 0. The molecule has 0 bridgehead atoms. The number of halogens is 1. The lowest BCUT2D eigenvalue weighted by Gasteiger charge is -2.24. The normalized spacial score (nSPS) is 22.5. The van der Waals surface area contributed by atoms with E-state index in [1.165, 1.54) is 16.3 Å². The summed E-state index contributed by atoms with van der Waals surface area (Å²) in [5.41, 5.74) is 1.20. The molecule has 0 aliphatic carbocycles. The van der Waals surface area contributed by atoms with Crippen molar-refractivity contribution in [2.75, 3.05) is 20.2 Å². The number of hydrogen-bond donors (Lipinski definition) is 1. The fraction of sp³-hybridized carbons (Fsp3) is 0.421. The van der Waals surface area contributed by atoms with Crippen molar-refractivity contribution in [1.82, 2.24) is 10.2 Å². The molecular formula is C19H23ClN2O2. The zero-order chi connectivity index (χ0) is 15.8. The number of carbonyl (C=O) groups is 1. The Morgan fingerprint density at radius 1 is 1.25 bits per heavy atom. The molecule has 2 saturated heterocycles. The maximum atomic E-state index is 12.3. The number of ether oxygens (including phenoxy) is 1. The summed E-state index contributed by atoms with van der Waals surface area (Å²) in [6, 6.07) is 13.2. The van der Waals surface area contributed by atoms with Gasteiger partial charge in [0, 0.05) is 30.6 Å². The van der Waals surface area contributed by atoms with Crippen molar-refractivity contribution in [3.63, 3.8) is 0 Å². The van der Waals surface area contributed by atoms with Gasteiger partial charge in [0.15, 0.2) is 0 Å². The lowest BCUT2D eigenvalue weighted by atomic mass is 10.0. The van der Waals surface area contributed by atoms with Crippen molar-refractivity contribution < 1.29 is 9.53 Å². The van der Waals surface area contributed by atoms with Crippen LogP contribution in [0.2, 0.25) is 0 Å². The molecule has 5 heteroatoms. The highest BCUT2D eigenvalue weighted by Gasteiger charge is 2.41. The van der Waals surface area contributed by atoms with Gasteiger partial charge in [0.05, 0.1) is 7.11 Å². The summed E-state index contributed by atoms with van der Waals surface area (Å²) in [5.74, 6) is 1.20. The second-order valence-corrected chi connectivity index (χ2v) is 6.43. The maximum Gasteiger partial charge on any atom is 0.224 e. The van der Waals surface area contributed by atoms with Crippen molar-refractivity contribution in [2.24, 2.45) is 0 Å². The van der Waals surface area contributed by atoms with E-state index >= 15 is 0 Å². The highest BCUT2D eigenvalue weighted by atomic mass is 35.5. The van der Waals surface area contributed by atoms with E-state index in [0.717, 1.165) is 31.7 Å². The topological polar surface area (TPSA) is 41.6 Å². The molecule has 2 aliphatic rings. The molecule has 0 aromatic heterocycles. The number of nitrogens with one attached hydrogen (secondary N) is 1. The molecule has 2 aliphatic heterocycles. The molecule has 0 spiro atoms. The van der Waals surface area contributed by atoms with Crippen LogP contribution in [0.4, 0.5) is 0 Å². The molecule has 0 saturated carbocycles. The zero-order valence-corrected chi connectivity index (χ0v) is 14.6. The maximum absolute atomic E-state index is 12.3. The van der Waals surface area contributed by atoms with Crippen LogP contribution in [0, 0.1) is 0 Å². The molecule has 2 fully saturated rings. The lowest BCUT2D eigenvalue weighted by molar-refractivity contribution is -0.129. The number of likely N-dealkylation sites (tertiary alicyclic amines) is 1. The van der Waals surface area contributed by atoms with Crippen LogP contribution >= 0.6 is 12.4 Å². The highest BCUT2D eigenvalue weighted by Crippen LogP contribution is 2.31. The molecular weight excluding hydrogens is 324 g/mol. The van der Waals surface area contributed by atoms with E-state index in [2.05, 4.69) is 40.5 Å². The number of fused-ring (bicyclic) bond motifs is 2. The minimum atomic E-state index is 0. The number of amides is 1. The Bertz CT molecular complexity index is 749. The average Bonchev–Trinajstić information content (AvgIpc) is 3.13. The Kier molecular flexibility index (Phi) is 4.97. The second kappa shape index (κ2) is 6.99. The van der Waals surface area contributed by atoms with Crippen molar-refractivity contribution in [3.8, 4) is 5.75 Å². The van der Waals surface area contributed by atoms with Gasteiger partial charge in [0.2, 0.25) is 5.91 Å². The van der Waals surface area contributed by atoms with Crippen LogP contribution < -0.4 is 10.1 Å². The third-order valence-electron chi connectivity index (χ3n) is 5.25. The van der Waals surface area contributed by atoms with E-state index in [-0.39, 0.29) is 18.3 Å². The Hall–Kier alpha value is -1.78. The van der Waals surface area contributed by atoms with Gasteiger partial charge in [-0.25, -0.2) is 0 Å². The summed E-state index contributed by atoms with van der Waals surface area (Å²) in [5, 5.41) is 5.88. The van der Waals surface area contributed by atoms with Gasteiger partial charge in [0.25, 0.3) is 0 Å². The van der Waals surface area contributed by atoms with Gasteiger partial charge < -0.3 is 15.0 Å². The molecule has 0 unspecified atom stereocenters. The number of nitrogens with zero attached hydrogens (tertiary/aromatic N) is 1. The van der Waals surface area contributed by atoms with E-state index in [4.69, 9.17) is 4.74 Å². The van der Waals surface area contributed by atoms with Gasteiger partial charge in [0.1, 0.15) is 5.75 Å². The molecule has 4 nitrogen and oxygen atoms in total. The fourth-order valence-electron chi connectivity index (χ4n) is 4.11. The first-order valence-electron chi connectivity index (χ1n) is 8.35. The van der Waals surface area contributed by atoms with Crippen LogP contribution in [0.1, 0.15) is 18.4 Å². The number of hydrogen-bond acceptors (Lipinski definition) is 3. The van der Waals surface area contributed by atoms with Gasteiger partial charge in [-0.05, 0) is 36.2 Å². The first-order valence-corrected chi connectivity index (χ1v) is 8.35. The van der Waals surface area contributed by atoms with Crippen LogP contribution in [0.15, 0.2) is 36.4 Å². The predicted octanol–water partition coefficient (Wildman–Crippen LogP) is 2.78. The van der Waals surface area contributed by atoms with Crippen molar-refractivity contribution in [2.45, 2.75) is 31.3 Å². The molecule has 2 aromatic rings. The predicted molar refractivity (Wildman–Crippen MR) is 98.0 cm³/mol. The summed E-state index contributed by atoms with van der Waals surface area (Å²) in [7, 11) is 1.71. The fourth-order valence-corrected chi connectivity index (χ4v) is 4.11. The molecule has 2 heterocycles.